The van der Waals surface area contributed by atoms with Crippen LogP contribution in [-0.2, 0) is 0 Å². The van der Waals surface area contributed by atoms with Gasteiger partial charge in [-0.3, -0.25) is 4.57 Å². The van der Waals surface area contributed by atoms with E-state index < -0.39 is 0 Å². The zero-order valence-electron chi connectivity index (χ0n) is 32.1. The Kier molecular flexibility index (Phi) is 8.45. The molecule has 4 heteroatoms. The first kappa shape index (κ1) is 34.3. The molecule has 278 valence electrons. The summed E-state index contributed by atoms with van der Waals surface area (Å²) in [5.41, 5.74) is 15.9. The van der Waals surface area contributed by atoms with Crippen molar-refractivity contribution in [2.24, 2.45) is 0 Å². The molecular weight excluding hydrogens is 719 g/mol. The Morgan fingerprint density at radius 1 is 0.373 bits per heavy atom. The highest BCUT2D eigenvalue weighted by atomic mass is 16.3. The number of hydrogen-bond donors (Lipinski definition) is 0. The van der Waals surface area contributed by atoms with E-state index in [4.69, 9.17) is 9.40 Å². The summed E-state index contributed by atoms with van der Waals surface area (Å²) >= 11 is 0. The topological polar surface area (TPSA) is 34.2 Å². The number of hydrogen-bond acceptors (Lipinski definition) is 3. The highest BCUT2D eigenvalue weighted by molar-refractivity contribution is 6.06. The fourth-order valence-electron chi connectivity index (χ4n) is 8.36. The lowest BCUT2D eigenvalue weighted by molar-refractivity contribution is 0.669. The van der Waals surface area contributed by atoms with Gasteiger partial charge in [0.05, 0.1) is 11.0 Å². The van der Waals surface area contributed by atoms with Gasteiger partial charge in [0.15, 0.2) is 0 Å². The Labute approximate surface area is 342 Å². The molecule has 0 aliphatic carbocycles. The van der Waals surface area contributed by atoms with Crippen molar-refractivity contribution in [1.82, 2.24) is 9.55 Å². The molecule has 0 bridgehead atoms. The van der Waals surface area contributed by atoms with Gasteiger partial charge in [0.25, 0.3) is 0 Å². The van der Waals surface area contributed by atoms with Crippen LogP contribution in [0.4, 0.5) is 17.1 Å². The molecule has 11 rings (SSSR count). The number of aromatic nitrogens is 2. The number of para-hydroxylation sites is 3. The fourth-order valence-corrected chi connectivity index (χ4v) is 8.36. The van der Waals surface area contributed by atoms with Crippen molar-refractivity contribution in [1.29, 1.82) is 0 Å². The molecule has 0 N–H and O–H groups in total. The quantitative estimate of drug-likeness (QED) is 0.155. The van der Waals surface area contributed by atoms with Gasteiger partial charge in [-0.05, 0) is 94.5 Å². The first-order valence-electron chi connectivity index (χ1n) is 20.0. The number of anilines is 3. The van der Waals surface area contributed by atoms with Gasteiger partial charge in [0.2, 0.25) is 0 Å². The van der Waals surface area contributed by atoms with Gasteiger partial charge in [0, 0.05) is 50.7 Å². The maximum atomic E-state index is 6.36. The molecule has 9 aromatic carbocycles. The summed E-state index contributed by atoms with van der Waals surface area (Å²) in [6, 6.07) is 79.1. The highest BCUT2D eigenvalue weighted by Crippen LogP contribution is 2.41. The van der Waals surface area contributed by atoms with E-state index in [1.807, 2.05) is 18.2 Å². The normalized spacial score (nSPS) is 11.4. The van der Waals surface area contributed by atoms with E-state index in [2.05, 4.69) is 216 Å². The third-order valence-electron chi connectivity index (χ3n) is 11.2. The fraction of sp³-hybridized carbons (Fsp3) is 0. The number of fused-ring (bicyclic) bond motifs is 4. The lowest BCUT2D eigenvalue weighted by Crippen LogP contribution is -2.09. The summed E-state index contributed by atoms with van der Waals surface area (Å²) in [4.78, 5) is 7.63. The van der Waals surface area contributed by atoms with Crippen LogP contribution in [0, 0.1) is 0 Å². The molecule has 0 unspecified atom stereocenters. The third kappa shape index (κ3) is 6.24. The van der Waals surface area contributed by atoms with Crippen molar-refractivity contribution in [3.63, 3.8) is 0 Å². The van der Waals surface area contributed by atoms with Gasteiger partial charge >= 0.3 is 0 Å². The molecule has 2 aromatic heterocycles. The molecule has 4 nitrogen and oxygen atoms in total. The third-order valence-corrected chi connectivity index (χ3v) is 11.2. The largest absolute Gasteiger partial charge is 0.456 e. The van der Waals surface area contributed by atoms with Crippen molar-refractivity contribution in [3.05, 3.63) is 224 Å². The average molecular weight is 756 g/mol. The minimum Gasteiger partial charge on any atom is -0.456 e. The minimum absolute atomic E-state index is 0.863. The zero-order chi connectivity index (χ0) is 39.1. The average Bonchev–Trinajstić information content (AvgIpc) is 3.89. The predicted molar refractivity (Wildman–Crippen MR) is 245 cm³/mol. The monoisotopic (exact) mass is 755 g/mol. The number of rotatable bonds is 8. The van der Waals surface area contributed by atoms with E-state index in [1.165, 1.54) is 11.1 Å². The first-order valence-corrected chi connectivity index (χ1v) is 20.0. The van der Waals surface area contributed by atoms with Crippen LogP contribution in [0.15, 0.2) is 229 Å². The van der Waals surface area contributed by atoms with E-state index in [-0.39, 0.29) is 0 Å². The van der Waals surface area contributed by atoms with Crippen LogP contribution in [-0.4, -0.2) is 9.55 Å². The molecule has 0 atom stereocenters. The molecule has 0 aliphatic heterocycles. The molecule has 0 aliphatic rings. The number of furan rings is 1. The summed E-state index contributed by atoms with van der Waals surface area (Å²) < 4.78 is 8.63. The van der Waals surface area contributed by atoms with Gasteiger partial charge in [-0.15, -0.1) is 0 Å². The van der Waals surface area contributed by atoms with E-state index in [0.29, 0.717) is 0 Å². The van der Waals surface area contributed by atoms with Gasteiger partial charge in [-0.25, -0.2) is 4.98 Å². The Bertz CT molecular complexity index is 3240. The number of nitrogens with zero attached hydrogens (tertiary/aromatic N) is 3. The van der Waals surface area contributed by atoms with Crippen molar-refractivity contribution in [2.45, 2.75) is 0 Å². The van der Waals surface area contributed by atoms with E-state index >= 15 is 0 Å². The van der Waals surface area contributed by atoms with Crippen LogP contribution in [0.3, 0.4) is 0 Å². The molecular formula is C55H37N3O. The maximum absolute atomic E-state index is 6.36. The predicted octanol–water partition coefficient (Wildman–Crippen LogP) is 15.1. The molecule has 0 spiro atoms. The van der Waals surface area contributed by atoms with Crippen molar-refractivity contribution in [3.8, 4) is 50.5 Å². The van der Waals surface area contributed by atoms with Crippen LogP contribution in [0.5, 0.6) is 0 Å². The van der Waals surface area contributed by atoms with Crippen molar-refractivity contribution >= 4 is 50.0 Å². The van der Waals surface area contributed by atoms with Crippen LogP contribution in [0.2, 0.25) is 0 Å². The molecule has 11 aromatic rings. The van der Waals surface area contributed by atoms with Crippen LogP contribution in [0.1, 0.15) is 0 Å². The standard InChI is InChI=1S/C55H37N3O/c1-4-14-38(15-5-1)39-26-30-45(31-27-39)57(47-34-35-50-49-22-10-11-25-52(49)59-53(50)37-47)46-32-28-40(29-33-46)42-18-12-19-43(36-42)48-23-13-24-51-54(48)56-55(41-16-6-2-7-17-41)58(51)44-20-8-3-9-21-44/h1-37H. The second-order valence-corrected chi connectivity index (χ2v) is 14.8. The molecule has 0 fully saturated rings. The van der Waals surface area contributed by atoms with Crippen LogP contribution < -0.4 is 4.90 Å². The highest BCUT2D eigenvalue weighted by Gasteiger charge is 2.19. The minimum atomic E-state index is 0.863. The van der Waals surface area contributed by atoms with Crippen molar-refractivity contribution < 1.29 is 4.42 Å². The second kappa shape index (κ2) is 14.5. The summed E-state index contributed by atoms with van der Waals surface area (Å²) in [7, 11) is 0. The van der Waals surface area contributed by atoms with Gasteiger partial charge in [0.1, 0.15) is 17.0 Å². The first-order chi connectivity index (χ1) is 29.2. The number of imidazole rings is 1. The maximum Gasteiger partial charge on any atom is 0.145 e. The molecule has 0 saturated carbocycles. The van der Waals surface area contributed by atoms with Gasteiger partial charge in [-0.2, -0.15) is 0 Å². The molecule has 0 saturated heterocycles. The van der Waals surface area contributed by atoms with Crippen LogP contribution >= 0.6 is 0 Å². The van der Waals surface area contributed by atoms with Gasteiger partial charge < -0.3 is 9.32 Å². The van der Waals surface area contributed by atoms with Gasteiger partial charge in [-0.1, -0.05) is 152 Å². The van der Waals surface area contributed by atoms with E-state index in [0.717, 1.165) is 89.4 Å². The Morgan fingerprint density at radius 2 is 0.915 bits per heavy atom. The summed E-state index contributed by atoms with van der Waals surface area (Å²) in [6.07, 6.45) is 0. The van der Waals surface area contributed by atoms with E-state index in [9.17, 15) is 0 Å². The van der Waals surface area contributed by atoms with Crippen LogP contribution in [0.25, 0.3) is 83.4 Å². The lowest BCUT2D eigenvalue weighted by atomic mass is 9.98. The van der Waals surface area contributed by atoms with E-state index in [1.54, 1.807) is 0 Å². The molecule has 0 amide bonds. The Balaban J connectivity index is 0.980. The zero-order valence-corrected chi connectivity index (χ0v) is 32.1. The smallest absolute Gasteiger partial charge is 0.145 e. The molecule has 0 radical (unpaired) electrons. The Hall–Kier alpha value is -7.95. The lowest BCUT2D eigenvalue weighted by Gasteiger charge is -2.26. The molecule has 59 heavy (non-hydrogen) atoms. The second-order valence-electron chi connectivity index (χ2n) is 14.8. The summed E-state index contributed by atoms with van der Waals surface area (Å²) in [5.74, 6) is 0.921. The Morgan fingerprint density at radius 3 is 1.64 bits per heavy atom. The van der Waals surface area contributed by atoms with Crippen molar-refractivity contribution in [2.75, 3.05) is 4.90 Å². The molecule has 2 heterocycles. The summed E-state index contributed by atoms with van der Waals surface area (Å²) in [6.45, 7) is 0. The summed E-state index contributed by atoms with van der Waals surface area (Å²) in [5, 5.41) is 2.23. The SMILES string of the molecule is c1ccc(-c2ccc(N(c3ccc(-c4cccc(-c5cccc6c5nc(-c5ccccc5)n6-c5ccccc5)c4)cc3)c3ccc4c(c3)oc3ccccc34)cc2)cc1. The number of benzene rings is 9.